The molecule has 0 heterocycles. The van der Waals surface area contributed by atoms with Gasteiger partial charge in [-0.15, -0.1) is 0 Å². The Labute approximate surface area is 113 Å². The molecule has 0 bridgehead atoms. The van der Waals surface area contributed by atoms with Crippen LogP contribution in [0.5, 0.6) is 0 Å². The number of rotatable bonds is 6. The number of carbonyl (C=O) groups is 2. The van der Waals surface area contributed by atoms with Crippen LogP contribution in [0.1, 0.15) is 45.6 Å². The Morgan fingerprint density at radius 1 is 1.21 bits per heavy atom. The third-order valence-electron chi connectivity index (χ3n) is 3.18. The molecule has 4 nitrogen and oxygen atoms in total. The molecule has 1 aromatic rings. The summed E-state index contributed by atoms with van der Waals surface area (Å²) in [5.74, 6) is -0.876. The molecule has 0 aromatic heterocycles. The Morgan fingerprint density at radius 2 is 1.79 bits per heavy atom. The molecule has 0 atom stereocenters. The maximum atomic E-state index is 11.6. The molecule has 0 radical (unpaired) electrons. The molecule has 0 fully saturated rings. The molecule has 0 saturated carbocycles. The van der Waals surface area contributed by atoms with Crippen LogP contribution >= 0.6 is 0 Å². The highest BCUT2D eigenvalue weighted by Crippen LogP contribution is 2.24. The topological polar surface area (TPSA) is 66.4 Å². The van der Waals surface area contributed by atoms with E-state index in [9.17, 15) is 9.59 Å². The van der Waals surface area contributed by atoms with E-state index in [-0.39, 0.29) is 5.91 Å². The third kappa shape index (κ3) is 4.09. The summed E-state index contributed by atoms with van der Waals surface area (Å²) in [6.45, 7) is 5.35. The van der Waals surface area contributed by atoms with E-state index in [0.717, 1.165) is 12.8 Å². The Kier molecular flexibility index (Phi) is 5.10. The van der Waals surface area contributed by atoms with Crippen LogP contribution in [-0.2, 0) is 15.0 Å². The first-order chi connectivity index (χ1) is 8.87. The monoisotopic (exact) mass is 263 g/mol. The van der Waals surface area contributed by atoms with Crippen molar-refractivity contribution in [1.82, 2.24) is 0 Å². The van der Waals surface area contributed by atoms with Gasteiger partial charge < -0.3 is 10.4 Å². The summed E-state index contributed by atoms with van der Waals surface area (Å²) >= 11 is 0. The van der Waals surface area contributed by atoms with Gasteiger partial charge in [-0.1, -0.05) is 25.5 Å². The van der Waals surface area contributed by atoms with E-state index in [0.29, 0.717) is 17.7 Å². The molecular formula is C15H21NO3. The molecule has 1 rings (SSSR count). The first kappa shape index (κ1) is 15.2. The molecule has 1 aromatic carbocycles. The zero-order valence-corrected chi connectivity index (χ0v) is 11.7. The Balaban J connectivity index is 2.72. The maximum Gasteiger partial charge on any atom is 0.313 e. The smallest absolute Gasteiger partial charge is 0.313 e. The molecular weight excluding hydrogens is 242 g/mol. The number of carboxylic acids is 1. The van der Waals surface area contributed by atoms with Crippen LogP contribution in [0.15, 0.2) is 24.3 Å². The highest BCUT2D eigenvalue weighted by molar-refractivity contribution is 5.90. The second-order valence-electron chi connectivity index (χ2n) is 5.16. The lowest BCUT2D eigenvalue weighted by atomic mass is 9.85. The SMILES string of the molecule is CCCCC(=O)Nc1ccc(C(C)(C)C(=O)O)cc1. The van der Waals surface area contributed by atoms with Gasteiger partial charge >= 0.3 is 5.97 Å². The second kappa shape index (κ2) is 6.36. The van der Waals surface area contributed by atoms with Gasteiger partial charge in [-0.05, 0) is 38.0 Å². The minimum atomic E-state index is -0.926. The quantitative estimate of drug-likeness (QED) is 0.828. The number of carboxylic acid groups (broad SMARTS) is 1. The summed E-state index contributed by atoms with van der Waals surface area (Å²) in [7, 11) is 0. The van der Waals surface area contributed by atoms with Gasteiger partial charge in [0.15, 0.2) is 0 Å². The number of aliphatic carboxylic acids is 1. The van der Waals surface area contributed by atoms with Crippen LogP contribution in [-0.4, -0.2) is 17.0 Å². The Morgan fingerprint density at radius 3 is 2.26 bits per heavy atom. The van der Waals surface area contributed by atoms with Gasteiger partial charge in [0.1, 0.15) is 0 Å². The number of nitrogens with one attached hydrogen (secondary N) is 1. The van der Waals surface area contributed by atoms with Gasteiger partial charge in [0, 0.05) is 12.1 Å². The molecule has 0 aliphatic heterocycles. The largest absolute Gasteiger partial charge is 0.481 e. The van der Waals surface area contributed by atoms with E-state index in [1.807, 2.05) is 6.92 Å². The molecule has 0 spiro atoms. The minimum absolute atomic E-state index is 0.00732. The van der Waals surface area contributed by atoms with Gasteiger partial charge in [0.25, 0.3) is 0 Å². The van der Waals surface area contributed by atoms with E-state index < -0.39 is 11.4 Å². The van der Waals surface area contributed by atoms with Crippen LogP contribution in [0.3, 0.4) is 0 Å². The van der Waals surface area contributed by atoms with Gasteiger partial charge in [-0.25, -0.2) is 0 Å². The van der Waals surface area contributed by atoms with E-state index in [2.05, 4.69) is 5.32 Å². The summed E-state index contributed by atoms with van der Waals surface area (Å²) in [6.07, 6.45) is 2.37. The molecule has 2 N–H and O–H groups in total. The van der Waals surface area contributed by atoms with Gasteiger partial charge in [-0.2, -0.15) is 0 Å². The highest BCUT2D eigenvalue weighted by Gasteiger charge is 2.29. The van der Waals surface area contributed by atoms with Crippen LogP contribution in [0.25, 0.3) is 0 Å². The van der Waals surface area contributed by atoms with Crippen molar-refractivity contribution in [3.63, 3.8) is 0 Å². The second-order valence-corrected chi connectivity index (χ2v) is 5.16. The van der Waals surface area contributed by atoms with Gasteiger partial charge in [0.2, 0.25) is 5.91 Å². The van der Waals surface area contributed by atoms with E-state index in [1.54, 1.807) is 38.1 Å². The van der Waals surface area contributed by atoms with Crippen molar-refractivity contribution in [3.8, 4) is 0 Å². The number of amides is 1. The normalized spacial score (nSPS) is 11.1. The fourth-order valence-corrected chi connectivity index (χ4v) is 1.65. The summed E-state index contributed by atoms with van der Waals surface area (Å²) in [5, 5.41) is 11.9. The van der Waals surface area contributed by atoms with Crippen molar-refractivity contribution in [2.45, 2.75) is 45.4 Å². The van der Waals surface area contributed by atoms with Crippen molar-refractivity contribution in [2.75, 3.05) is 5.32 Å². The predicted molar refractivity (Wildman–Crippen MR) is 75.3 cm³/mol. The Hall–Kier alpha value is -1.84. The van der Waals surface area contributed by atoms with Gasteiger partial charge in [0.05, 0.1) is 5.41 Å². The standard InChI is InChI=1S/C15H21NO3/c1-4-5-6-13(17)16-12-9-7-11(8-10-12)15(2,3)14(18)19/h7-10H,4-6H2,1-3H3,(H,16,17)(H,18,19). The molecule has 0 aliphatic carbocycles. The average molecular weight is 263 g/mol. The van der Waals surface area contributed by atoms with E-state index in [4.69, 9.17) is 5.11 Å². The maximum absolute atomic E-state index is 11.6. The number of carbonyl (C=O) groups excluding carboxylic acids is 1. The fraction of sp³-hybridized carbons (Fsp3) is 0.467. The molecule has 0 saturated heterocycles. The summed E-state index contributed by atoms with van der Waals surface area (Å²) < 4.78 is 0. The zero-order chi connectivity index (χ0) is 14.5. The highest BCUT2D eigenvalue weighted by atomic mass is 16.4. The summed E-state index contributed by atoms with van der Waals surface area (Å²) in [6, 6.07) is 6.96. The number of unbranched alkanes of at least 4 members (excludes halogenated alkanes) is 1. The van der Waals surface area contributed by atoms with Crippen LogP contribution in [0, 0.1) is 0 Å². The summed E-state index contributed by atoms with van der Waals surface area (Å²) in [4.78, 5) is 22.7. The Bertz CT molecular complexity index is 449. The number of hydrogen-bond donors (Lipinski definition) is 2. The summed E-state index contributed by atoms with van der Waals surface area (Å²) in [5.41, 5.74) is 0.489. The van der Waals surface area contributed by atoms with Crippen molar-refractivity contribution < 1.29 is 14.7 Å². The fourth-order valence-electron chi connectivity index (χ4n) is 1.65. The van der Waals surface area contributed by atoms with E-state index in [1.165, 1.54) is 0 Å². The van der Waals surface area contributed by atoms with E-state index >= 15 is 0 Å². The number of hydrogen-bond acceptors (Lipinski definition) is 2. The third-order valence-corrected chi connectivity index (χ3v) is 3.18. The lowest BCUT2D eigenvalue weighted by Crippen LogP contribution is -2.28. The van der Waals surface area contributed by atoms with Gasteiger partial charge in [-0.3, -0.25) is 9.59 Å². The lowest BCUT2D eigenvalue weighted by molar-refractivity contribution is -0.142. The van der Waals surface area contributed by atoms with Crippen molar-refractivity contribution in [1.29, 1.82) is 0 Å². The number of anilines is 1. The molecule has 0 aliphatic rings. The molecule has 4 heteroatoms. The van der Waals surface area contributed by atoms with Crippen LogP contribution in [0.2, 0.25) is 0 Å². The predicted octanol–water partition coefficient (Wildman–Crippen LogP) is 3.18. The van der Waals surface area contributed by atoms with Crippen LogP contribution < -0.4 is 5.32 Å². The zero-order valence-electron chi connectivity index (χ0n) is 11.7. The molecule has 104 valence electrons. The first-order valence-electron chi connectivity index (χ1n) is 6.51. The molecule has 19 heavy (non-hydrogen) atoms. The average Bonchev–Trinajstić information content (AvgIpc) is 2.36. The number of benzene rings is 1. The lowest BCUT2D eigenvalue weighted by Gasteiger charge is -2.19. The van der Waals surface area contributed by atoms with Crippen molar-refractivity contribution in [2.24, 2.45) is 0 Å². The van der Waals surface area contributed by atoms with Crippen LogP contribution in [0.4, 0.5) is 5.69 Å². The van der Waals surface area contributed by atoms with Crippen molar-refractivity contribution >= 4 is 17.6 Å². The van der Waals surface area contributed by atoms with Crippen molar-refractivity contribution in [3.05, 3.63) is 29.8 Å². The molecule has 1 amide bonds. The molecule has 0 unspecified atom stereocenters. The first-order valence-corrected chi connectivity index (χ1v) is 6.51. The minimum Gasteiger partial charge on any atom is -0.481 e.